The van der Waals surface area contributed by atoms with E-state index >= 15 is 0 Å². The third-order valence-electron chi connectivity index (χ3n) is 4.25. The van der Waals surface area contributed by atoms with Crippen molar-refractivity contribution in [1.29, 1.82) is 0 Å². The van der Waals surface area contributed by atoms with Gasteiger partial charge in [0.25, 0.3) is 5.56 Å². The average molecular weight is 363 g/mol. The van der Waals surface area contributed by atoms with E-state index in [0.717, 1.165) is 11.1 Å². The van der Waals surface area contributed by atoms with E-state index in [-0.39, 0.29) is 24.1 Å². The number of rotatable bonds is 6. The van der Waals surface area contributed by atoms with Gasteiger partial charge in [0, 0.05) is 11.6 Å². The van der Waals surface area contributed by atoms with Gasteiger partial charge in [-0.15, -0.1) is 0 Å². The lowest BCUT2D eigenvalue weighted by molar-refractivity contribution is -0.122. The number of benzene rings is 2. The molecule has 6 heteroatoms. The van der Waals surface area contributed by atoms with Gasteiger partial charge in [0.1, 0.15) is 12.3 Å². The van der Waals surface area contributed by atoms with Crippen LogP contribution in [0.5, 0.6) is 5.75 Å². The van der Waals surface area contributed by atoms with Crippen molar-refractivity contribution in [2.75, 3.05) is 7.11 Å². The third-order valence-corrected chi connectivity index (χ3v) is 4.25. The molecule has 1 unspecified atom stereocenters. The Morgan fingerprint density at radius 3 is 2.56 bits per heavy atom. The molecule has 0 aliphatic heterocycles. The Labute approximate surface area is 157 Å². The molecule has 3 rings (SSSR count). The maximum absolute atomic E-state index is 12.4. The van der Waals surface area contributed by atoms with Gasteiger partial charge in [-0.1, -0.05) is 42.5 Å². The molecule has 0 fully saturated rings. The topological polar surface area (TPSA) is 73.2 Å². The second kappa shape index (κ2) is 8.31. The molecule has 138 valence electrons. The molecule has 1 atom stereocenters. The summed E-state index contributed by atoms with van der Waals surface area (Å²) in [6.45, 7) is 1.81. The minimum atomic E-state index is -0.298. The number of amides is 1. The number of ether oxygens (including phenoxy) is 1. The van der Waals surface area contributed by atoms with Gasteiger partial charge in [-0.05, 0) is 24.6 Å². The van der Waals surface area contributed by atoms with Gasteiger partial charge in [0.15, 0.2) is 0 Å². The first-order valence-electron chi connectivity index (χ1n) is 8.62. The quantitative estimate of drug-likeness (QED) is 0.731. The Hall–Kier alpha value is -3.41. The normalized spacial score (nSPS) is 11.6. The Morgan fingerprint density at radius 1 is 1.15 bits per heavy atom. The lowest BCUT2D eigenvalue weighted by Gasteiger charge is -2.15. The number of nitrogens with one attached hydrogen (secondary N) is 1. The summed E-state index contributed by atoms with van der Waals surface area (Å²) >= 11 is 0. The fourth-order valence-electron chi connectivity index (χ4n) is 2.82. The Balaban J connectivity index is 1.73. The second-order valence-electron chi connectivity index (χ2n) is 6.14. The molecular weight excluding hydrogens is 342 g/mol. The fourth-order valence-corrected chi connectivity index (χ4v) is 2.82. The second-order valence-corrected chi connectivity index (χ2v) is 6.14. The summed E-state index contributed by atoms with van der Waals surface area (Å²) in [6, 6.07) is 18.3. The van der Waals surface area contributed by atoms with E-state index in [2.05, 4.69) is 10.3 Å². The van der Waals surface area contributed by atoms with Gasteiger partial charge in [0.2, 0.25) is 5.91 Å². The summed E-state index contributed by atoms with van der Waals surface area (Å²) < 4.78 is 6.59. The van der Waals surface area contributed by atoms with Crippen LogP contribution in [-0.4, -0.2) is 22.6 Å². The molecule has 0 spiro atoms. The van der Waals surface area contributed by atoms with Crippen molar-refractivity contribution >= 4 is 5.91 Å². The molecule has 0 saturated heterocycles. The summed E-state index contributed by atoms with van der Waals surface area (Å²) in [6.07, 6.45) is 1.39. The van der Waals surface area contributed by atoms with E-state index in [0.29, 0.717) is 11.4 Å². The van der Waals surface area contributed by atoms with Crippen LogP contribution in [0.25, 0.3) is 11.3 Å². The first kappa shape index (κ1) is 18.4. The maximum Gasteiger partial charge on any atom is 0.254 e. The number of nitrogens with zero attached hydrogens (tertiary/aromatic N) is 2. The molecule has 27 heavy (non-hydrogen) atoms. The minimum absolute atomic E-state index is 0.0881. The van der Waals surface area contributed by atoms with Crippen molar-refractivity contribution in [1.82, 2.24) is 14.9 Å². The molecule has 1 heterocycles. The summed E-state index contributed by atoms with van der Waals surface area (Å²) in [4.78, 5) is 29.0. The van der Waals surface area contributed by atoms with Crippen LogP contribution in [0, 0.1) is 0 Å². The SMILES string of the molecule is COc1ccccc1-c1cc(=O)n(CC(=O)NC(C)c2ccccc2)cn1. The van der Waals surface area contributed by atoms with E-state index in [1.54, 1.807) is 13.2 Å². The highest BCUT2D eigenvalue weighted by Gasteiger charge is 2.12. The molecule has 0 saturated carbocycles. The highest BCUT2D eigenvalue weighted by Crippen LogP contribution is 2.26. The molecule has 0 bridgehead atoms. The standard InChI is InChI=1S/C21H21N3O3/c1-15(16-8-4-3-5-9-16)23-20(25)13-24-14-22-18(12-21(24)26)17-10-6-7-11-19(17)27-2/h3-12,14-15H,13H2,1-2H3,(H,23,25). The molecule has 6 nitrogen and oxygen atoms in total. The number of carbonyl (C=O) groups is 1. The van der Waals surface area contributed by atoms with Crippen LogP contribution in [0.1, 0.15) is 18.5 Å². The summed E-state index contributed by atoms with van der Waals surface area (Å²) in [5.74, 6) is 0.386. The Bertz CT molecular complexity index is 983. The molecular formula is C21H21N3O3. The van der Waals surface area contributed by atoms with E-state index < -0.39 is 0 Å². The predicted octanol–water partition coefficient (Wildman–Crippen LogP) is 2.80. The zero-order valence-corrected chi connectivity index (χ0v) is 15.3. The molecule has 1 N–H and O–H groups in total. The Morgan fingerprint density at radius 2 is 1.85 bits per heavy atom. The lowest BCUT2D eigenvalue weighted by Crippen LogP contribution is -2.33. The van der Waals surface area contributed by atoms with E-state index in [1.165, 1.54) is 17.0 Å². The van der Waals surface area contributed by atoms with E-state index in [9.17, 15) is 9.59 Å². The monoisotopic (exact) mass is 363 g/mol. The smallest absolute Gasteiger partial charge is 0.254 e. The zero-order valence-electron chi connectivity index (χ0n) is 15.3. The van der Waals surface area contributed by atoms with Gasteiger partial charge < -0.3 is 10.1 Å². The zero-order chi connectivity index (χ0) is 19.2. The van der Waals surface area contributed by atoms with Crippen molar-refractivity contribution in [2.45, 2.75) is 19.5 Å². The van der Waals surface area contributed by atoms with Gasteiger partial charge in [-0.3, -0.25) is 14.2 Å². The summed E-state index contributed by atoms with van der Waals surface area (Å²) in [5.41, 5.74) is 1.94. The molecule has 2 aromatic carbocycles. The van der Waals surface area contributed by atoms with Gasteiger partial charge >= 0.3 is 0 Å². The highest BCUT2D eigenvalue weighted by atomic mass is 16.5. The van der Waals surface area contributed by atoms with Crippen LogP contribution < -0.4 is 15.6 Å². The first-order valence-corrected chi connectivity index (χ1v) is 8.62. The van der Waals surface area contributed by atoms with E-state index in [4.69, 9.17) is 4.74 Å². The first-order chi connectivity index (χ1) is 13.1. The maximum atomic E-state index is 12.4. The molecule has 0 radical (unpaired) electrons. The molecule has 0 aliphatic carbocycles. The van der Waals surface area contributed by atoms with Crippen LogP contribution in [0.2, 0.25) is 0 Å². The molecule has 1 amide bonds. The molecule has 0 aliphatic rings. The van der Waals surface area contributed by atoms with Crippen molar-refractivity contribution in [2.24, 2.45) is 0 Å². The number of para-hydroxylation sites is 1. The van der Waals surface area contributed by atoms with Gasteiger partial charge in [-0.2, -0.15) is 0 Å². The largest absolute Gasteiger partial charge is 0.496 e. The number of methoxy groups -OCH3 is 1. The third kappa shape index (κ3) is 4.41. The van der Waals surface area contributed by atoms with Crippen molar-refractivity contribution in [3.05, 3.63) is 82.9 Å². The van der Waals surface area contributed by atoms with Crippen LogP contribution >= 0.6 is 0 Å². The van der Waals surface area contributed by atoms with Crippen molar-refractivity contribution in [3.63, 3.8) is 0 Å². The minimum Gasteiger partial charge on any atom is -0.496 e. The van der Waals surface area contributed by atoms with Gasteiger partial charge in [0.05, 0.1) is 25.2 Å². The van der Waals surface area contributed by atoms with Crippen molar-refractivity contribution in [3.8, 4) is 17.0 Å². The van der Waals surface area contributed by atoms with Crippen LogP contribution in [-0.2, 0) is 11.3 Å². The number of hydrogen-bond donors (Lipinski definition) is 1. The lowest BCUT2D eigenvalue weighted by atomic mass is 10.1. The average Bonchev–Trinajstić information content (AvgIpc) is 2.70. The van der Waals surface area contributed by atoms with Crippen molar-refractivity contribution < 1.29 is 9.53 Å². The van der Waals surface area contributed by atoms with Crippen LogP contribution in [0.15, 0.2) is 71.8 Å². The molecule has 1 aromatic heterocycles. The van der Waals surface area contributed by atoms with E-state index in [1.807, 2.05) is 55.5 Å². The van der Waals surface area contributed by atoms with Crippen LogP contribution in [0.4, 0.5) is 0 Å². The Kier molecular flexibility index (Phi) is 5.66. The fraction of sp³-hybridized carbons (Fsp3) is 0.190. The highest BCUT2D eigenvalue weighted by molar-refractivity contribution is 5.76. The number of hydrogen-bond acceptors (Lipinski definition) is 4. The summed E-state index contributed by atoms with van der Waals surface area (Å²) in [7, 11) is 1.57. The van der Waals surface area contributed by atoms with Crippen LogP contribution in [0.3, 0.4) is 0 Å². The van der Waals surface area contributed by atoms with Gasteiger partial charge in [-0.25, -0.2) is 4.98 Å². The predicted molar refractivity (Wildman–Crippen MR) is 103 cm³/mol. The number of carbonyl (C=O) groups excluding carboxylic acids is 1. The summed E-state index contributed by atoms with van der Waals surface area (Å²) in [5, 5.41) is 2.89. The number of aromatic nitrogens is 2. The molecule has 3 aromatic rings.